The van der Waals surface area contributed by atoms with Gasteiger partial charge in [-0.15, -0.1) is 0 Å². The Bertz CT molecular complexity index is 1490. The molecule has 0 aliphatic carbocycles. The summed E-state index contributed by atoms with van der Waals surface area (Å²) in [7, 11) is 0. The quantitative estimate of drug-likeness (QED) is 0.378. The number of aromatic nitrogens is 3. The molecule has 0 unspecified atom stereocenters. The van der Waals surface area contributed by atoms with Gasteiger partial charge in [0.05, 0.1) is 34.8 Å². The van der Waals surface area contributed by atoms with E-state index in [0.29, 0.717) is 17.0 Å². The minimum absolute atomic E-state index is 0.0826. The summed E-state index contributed by atoms with van der Waals surface area (Å²) >= 11 is 0. The van der Waals surface area contributed by atoms with E-state index >= 15 is 0 Å². The van der Waals surface area contributed by atoms with E-state index in [-0.39, 0.29) is 22.7 Å². The number of hydrogen-bond acceptors (Lipinski definition) is 4. The molecule has 2 aromatic carbocycles. The number of imidazole rings is 1. The van der Waals surface area contributed by atoms with E-state index in [4.69, 9.17) is 5.26 Å². The highest BCUT2D eigenvalue weighted by Crippen LogP contribution is 2.37. The lowest BCUT2D eigenvalue weighted by atomic mass is 9.95. The van der Waals surface area contributed by atoms with Crippen molar-refractivity contribution in [2.45, 2.75) is 33.9 Å². The molecular formula is C26H22F3N5O. The third kappa shape index (κ3) is 4.87. The first kappa shape index (κ1) is 24.0. The van der Waals surface area contributed by atoms with E-state index < -0.39 is 17.2 Å². The lowest BCUT2D eigenvalue weighted by Crippen LogP contribution is -2.27. The monoisotopic (exact) mass is 477 g/mol. The molecule has 0 atom stereocenters. The average Bonchev–Trinajstić information content (AvgIpc) is 3.22. The van der Waals surface area contributed by atoms with Crippen molar-refractivity contribution >= 4 is 17.2 Å². The molecule has 2 heterocycles. The number of hydrogen-bond donors (Lipinski definition) is 1. The summed E-state index contributed by atoms with van der Waals surface area (Å²) in [5.74, 6) is -0.123. The number of rotatable bonds is 3. The summed E-state index contributed by atoms with van der Waals surface area (Å²) < 4.78 is 42.3. The number of nitriles is 1. The Morgan fingerprint density at radius 1 is 1.03 bits per heavy atom. The fraction of sp³-hybridized carbons (Fsp3) is 0.231. The van der Waals surface area contributed by atoms with Crippen molar-refractivity contribution in [1.82, 2.24) is 14.6 Å². The van der Waals surface area contributed by atoms with Gasteiger partial charge in [0.15, 0.2) is 5.65 Å². The zero-order valence-corrected chi connectivity index (χ0v) is 19.5. The molecule has 6 nitrogen and oxygen atoms in total. The van der Waals surface area contributed by atoms with Crippen molar-refractivity contribution in [1.29, 1.82) is 5.26 Å². The van der Waals surface area contributed by atoms with E-state index in [9.17, 15) is 18.0 Å². The maximum atomic E-state index is 13.6. The number of benzene rings is 2. The van der Waals surface area contributed by atoms with Gasteiger partial charge in [-0.3, -0.25) is 4.79 Å². The van der Waals surface area contributed by atoms with Crippen molar-refractivity contribution in [2.75, 3.05) is 5.32 Å². The van der Waals surface area contributed by atoms with E-state index in [1.54, 1.807) is 18.3 Å². The third-order valence-corrected chi connectivity index (χ3v) is 5.51. The minimum atomic E-state index is -4.64. The SMILES string of the molecule is Cc1ccc(-c2cn3nc(-c4ccc(C#N)cc4C(F)(F)F)ccc3n2)cc1NC(=O)C(C)(C)C. The van der Waals surface area contributed by atoms with Crippen LogP contribution in [0.5, 0.6) is 0 Å². The van der Waals surface area contributed by atoms with Gasteiger partial charge >= 0.3 is 6.18 Å². The topological polar surface area (TPSA) is 83.1 Å². The van der Waals surface area contributed by atoms with Gasteiger partial charge in [-0.05, 0) is 42.8 Å². The van der Waals surface area contributed by atoms with Crippen molar-refractivity contribution in [3.63, 3.8) is 0 Å². The van der Waals surface area contributed by atoms with Crippen molar-refractivity contribution in [2.24, 2.45) is 5.41 Å². The molecule has 178 valence electrons. The second kappa shape index (κ2) is 8.55. The third-order valence-electron chi connectivity index (χ3n) is 5.51. The number of carbonyl (C=O) groups is 1. The standard InChI is InChI=1S/C26H22F3N5O/c1-15-5-7-17(12-21(15)32-24(35)25(2,3)4)22-14-34-23(31-22)10-9-20(33-34)18-8-6-16(13-30)11-19(18)26(27,28)29/h5-12,14H,1-4H3,(H,32,35). The van der Waals surface area contributed by atoms with Crippen LogP contribution >= 0.6 is 0 Å². The number of fused-ring (bicyclic) bond motifs is 1. The molecular weight excluding hydrogens is 455 g/mol. The van der Waals surface area contributed by atoms with Gasteiger partial charge in [0.2, 0.25) is 5.91 Å². The highest BCUT2D eigenvalue weighted by molar-refractivity contribution is 5.95. The van der Waals surface area contributed by atoms with Crippen LogP contribution in [-0.2, 0) is 11.0 Å². The maximum Gasteiger partial charge on any atom is 0.417 e. The van der Waals surface area contributed by atoms with Gasteiger partial charge in [-0.2, -0.15) is 23.5 Å². The molecule has 0 spiro atoms. The second-order valence-corrected chi connectivity index (χ2v) is 9.25. The van der Waals surface area contributed by atoms with Crippen LogP contribution in [-0.4, -0.2) is 20.5 Å². The largest absolute Gasteiger partial charge is 0.417 e. The summed E-state index contributed by atoms with van der Waals surface area (Å²) in [5, 5.41) is 16.3. The van der Waals surface area contributed by atoms with Crippen molar-refractivity contribution in [3.05, 3.63) is 71.4 Å². The molecule has 0 bridgehead atoms. The van der Waals surface area contributed by atoms with Gasteiger partial charge in [0.25, 0.3) is 0 Å². The molecule has 4 rings (SSSR count). The number of anilines is 1. The maximum absolute atomic E-state index is 13.6. The molecule has 1 N–H and O–H groups in total. The van der Waals surface area contributed by atoms with E-state index in [1.165, 1.54) is 22.7 Å². The van der Waals surface area contributed by atoms with Crippen LogP contribution in [0.15, 0.2) is 54.7 Å². The summed E-state index contributed by atoms with van der Waals surface area (Å²) in [6, 6.07) is 13.7. The molecule has 0 aliphatic rings. The van der Waals surface area contributed by atoms with Crippen LogP contribution in [0.1, 0.15) is 37.5 Å². The molecule has 0 fully saturated rings. The Balaban J connectivity index is 1.74. The molecule has 0 saturated carbocycles. The van der Waals surface area contributed by atoms with Gasteiger partial charge in [-0.1, -0.05) is 39.0 Å². The molecule has 9 heteroatoms. The van der Waals surface area contributed by atoms with Crippen molar-refractivity contribution < 1.29 is 18.0 Å². The summed E-state index contributed by atoms with van der Waals surface area (Å²) in [6.45, 7) is 7.36. The first-order valence-corrected chi connectivity index (χ1v) is 10.8. The molecule has 4 aromatic rings. The van der Waals surface area contributed by atoms with Crippen LogP contribution in [0.3, 0.4) is 0 Å². The molecule has 0 aliphatic heterocycles. The number of nitrogens with one attached hydrogen (secondary N) is 1. The zero-order valence-electron chi connectivity index (χ0n) is 19.5. The highest BCUT2D eigenvalue weighted by Gasteiger charge is 2.34. The number of alkyl halides is 3. The summed E-state index contributed by atoms with van der Waals surface area (Å²) in [5.41, 5.74) is 1.66. The van der Waals surface area contributed by atoms with E-state index in [1.807, 2.05) is 45.9 Å². The molecule has 0 saturated heterocycles. The number of carbonyl (C=O) groups excluding carboxylic acids is 1. The zero-order chi connectivity index (χ0) is 25.5. The van der Waals surface area contributed by atoms with Gasteiger partial charge in [0.1, 0.15) is 0 Å². The van der Waals surface area contributed by atoms with Crippen LogP contribution in [0.4, 0.5) is 18.9 Å². The Kier molecular flexibility index (Phi) is 5.85. The number of halogens is 3. The predicted octanol–water partition coefficient (Wildman–Crippen LogP) is 6.25. The van der Waals surface area contributed by atoms with E-state index in [2.05, 4.69) is 15.4 Å². The number of aryl methyl sites for hydroxylation is 1. The predicted molar refractivity (Wildman–Crippen MR) is 126 cm³/mol. The van der Waals surface area contributed by atoms with Gasteiger partial charge < -0.3 is 5.32 Å². The summed E-state index contributed by atoms with van der Waals surface area (Å²) in [6.07, 6.45) is -3.02. The van der Waals surface area contributed by atoms with Crippen molar-refractivity contribution in [3.8, 4) is 28.6 Å². The van der Waals surface area contributed by atoms with Crippen LogP contribution < -0.4 is 5.32 Å². The Hall–Kier alpha value is -4.19. The van der Waals surface area contributed by atoms with Crippen LogP contribution in [0, 0.1) is 23.7 Å². The Morgan fingerprint density at radius 3 is 2.43 bits per heavy atom. The summed E-state index contributed by atoms with van der Waals surface area (Å²) in [4.78, 5) is 17.0. The smallest absolute Gasteiger partial charge is 0.325 e. The normalized spacial score (nSPS) is 11.9. The first-order chi connectivity index (χ1) is 16.4. The molecule has 1 amide bonds. The fourth-order valence-electron chi connectivity index (χ4n) is 3.46. The van der Waals surface area contributed by atoms with Gasteiger partial charge in [0, 0.05) is 22.2 Å². The fourth-order valence-corrected chi connectivity index (χ4v) is 3.46. The first-order valence-electron chi connectivity index (χ1n) is 10.8. The number of nitrogens with zero attached hydrogens (tertiary/aromatic N) is 4. The van der Waals surface area contributed by atoms with E-state index in [0.717, 1.165) is 17.2 Å². The average molecular weight is 477 g/mol. The molecule has 0 radical (unpaired) electrons. The Morgan fingerprint density at radius 2 is 1.77 bits per heavy atom. The lowest BCUT2D eigenvalue weighted by molar-refractivity contribution is -0.137. The van der Waals surface area contributed by atoms with Gasteiger partial charge in [-0.25, -0.2) is 9.50 Å². The van der Waals surface area contributed by atoms with Crippen LogP contribution in [0.25, 0.3) is 28.2 Å². The second-order valence-electron chi connectivity index (χ2n) is 9.25. The number of amides is 1. The Labute approximate surface area is 200 Å². The van der Waals surface area contributed by atoms with Crippen LogP contribution in [0.2, 0.25) is 0 Å². The minimum Gasteiger partial charge on any atom is -0.325 e. The highest BCUT2D eigenvalue weighted by atomic mass is 19.4. The lowest BCUT2D eigenvalue weighted by Gasteiger charge is -2.19. The molecule has 2 aromatic heterocycles. The molecule has 35 heavy (non-hydrogen) atoms.